The zero-order valence-electron chi connectivity index (χ0n) is 10.0. The standard InChI is InChI=1S/C11H23N3OS/c1-2-3-6-15-9-4-5-11-10(7-9)13-14(12)8-16-11/h9-11,13H,2-8,12H2,1H3. The molecule has 5 heteroatoms. The third-order valence-corrected chi connectivity index (χ3v) is 4.77. The van der Waals surface area contributed by atoms with E-state index in [4.69, 9.17) is 10.6 Å². The van der Waals surface area contributed by atoms with Gasteiger partial charge in [0.25, 0.3) is 0 Å². The van der Waals surface area contributed by atoms with Gasteiger partial charge in [-0.15, -0.1) is 11.8 Å². The van der Waals surface area contributed by atoms with Crippen molar-refractivity contribution in [3.05, 3.63) is 0 Å². The van der Waals surface area contributed by atoms with Crippen LogP contribution < -0.4 is 11.3 Å². The van der Waals surface area contributed by atoms with Gasteiger partial charge >= 0.3 is 0 Å². The van der Waals surface area contributed by atoms with E-state index in [-0.39, 0.29) is 0 Å². The van der Waals surface area contributed by atoms with Crippen LogP contribution in [-0.2, 0) is 4.74 Å². The molecule has 1 heterocycles. The van der Waals surface area contributed by atoms with Gasteiger partial charge < -0.3 is 4.74 Å². The summed E-state index contributed by atoms with van der Waals surface area (Å²) in [5.41, 5.74) is 3.35. The molecule has 3 atom stereocenters. The van der Waals surface area contributed by atoms with Crippen LogP contribution in [0.4, 0.5) is 0 Å². The van der Waals surface area contributed by atoms with Gasteiger partial charge in [0, 0.05) is 17.9 Å². The van der Waals surface area contributed by atoms with E-state index in [1.54, 1.807) is 5.12 Å². The lowest BCUT2D eigenvalue weighted by atomic mass is 9.92. The highest BCUT2D eigenvalue weighted by Crippen LogP contribution is 2.32. The van der Waals surface area contributed by atoms with Crippen molar-refractivity contribution in [1.29, 1.82) is 0 Å². The number of nitrogens with one attached hydrogen (secondary N) is 1. The van der Waals surface area contributed by atoms with Crippen molar-refractivity contribution in [3.8, 4) is 0 Å². The van der Waals surface area contributed by atoms with E-state index >= 15 is 0 Å². The largest absolute Gasteiger partial charge is 0.378 e. The fraction of sp³-hybridized carbons (Fsp3) is 1.00. The number of rotatable bonds is 4. The van der Waals surface area contributed by atoms with Gasteiger partial charge in [0.2, 0.25) is 0 Å². The number of nitrogens with two attached hydrogens (primary N) is 1. The molecule has 3 unspecified atom stereocenters. The number of hydrogen-bond donors (Lipinski definition) is 2. The molecule has 16 heavy (non-hydrogen) atoms. The summed E-state index contributed by atoms with van der Waals surface area (Å²) in [6.07, 6.45) is 6.40. The van der Waals surface area contributed by atoms with Crippen LogP contribution in [-0.4, -0.2) is 35.0 Å². The van der Waals surface area contributed by atoms with Gasteiger partial charge in [-0.1, -0.05) is 13.3 Å². The third kappa shape index (κ3) is 3.34. The molecule has 3 N–H and O–H groups in total. The first-order chi connectivity index (χ1) is 7.79. The maximum Gasteiger partial charge on any atom is 0.0744 e. The summed E-state index contributed by atoms with van der Waals surface area (Å²) < 4.78 is 5.90. The van der Waals surface area contributed by atoms with Gasteiger partial charge in [-0.25, -0.2) is 5.43 Å². The minimum Gasteiger partial charge on any atom is -0.378 e. The minimum atomic E-state index is 0.437. The normalized spacial score (nSPS) is 36.0. The molecule has 1 aliphatic carbocycles. The van der Waals surface area contributed by atoms with Crippen LogP contribution in [0.3, 0.4) is 0 Å². The molecule has 2 fully saturated rings. The Balaban J connectivity index is 1.74. The SMILES string of the molecule is CCCCOC1CCC2SCN(N)NC2C1. The Hall–Kier alpha value is 0.190. The third-order valence-electron chi connectivity index (χ3n) is 3.35. The maximum atomic E-state index is 5.90. The van der Waals surface area contributed by atoms with Gasteiger partial charge in [-0.2, -0.15) is 5.12 Å². The van der Waals surface area contributed by atoms with Crippen LogP contribution >= 0.6 is 11.8 Å². The zero-order chi connectivity index (χ0) is 11.4. The monoisotopic (exact) mass is 245 g/mol. The molecular weight excluding hydrogens is 222 g/mol. The predicted molar refractivity (Wildman–Crippen MR) is 67.7 cm³/mol. The van der Waals surface area contributed by atoms with E-state index in [1.165, 1.54) is 25.7 Å². The van der Waals surface area contributed by atoms with Crippen molar-refractivity contribution in [2.45, 2.75) is 56.4 Å². The van der Waals surface area contributed by atoms with E-state index in [9.17, 15) is 0 Å². The van der Waals surface area contributed by atoms with E-state index in [1.807, 2.05) is 11.8 Å². The van der Waals surface area contributed by atoms with Gasteiger partial charge in [-0.05, 0) is 25.7 Å². The average Bonchev–Trinajstić information content (AvgIpc) is 2.29. The van der Waals surface area contributed by atoms with Crippen molar-refractivity contribution in [1.82, 2.24) is 10.5 Å². The summed E-state index contributed by atoms with van der Waals surface area (Å²) in [6, 6.07) is 0.504. The van der Waals surface area contributed by atoms with Gasteiger partial charge in [0.15, 0.2) is 0 Å². The molecule has 1 saturated heterocycles. The molecule has 0 aromatic rings. The van der Waals surface area contributed by atoms with Crippen molar-refractivity contribution in [3.63, 3.8) is 0 Å². The lowest BCUT2D eigenvalue weighted by Crippen LogP contribution is -2.59. The molecule has 0 aromatic carbocycles. The first-order valence-corrected chi connectivity index (χ1v) is 7.36. The summed E-state index contributed by atoms with van der Waals surface area (Å²) in [7, 11) is 0. The van der Waals surface area contributed by atoms with Gasteiger partial charge in [-0.3, -0.25) is 5.84 Å². The number of unbranched alkanes of at least 4 members (excludes halogenated alkanes) is 1. The Morgan fingerprint density at radius 2 is 2.38 bits per heavy atom. The number of hydrazine groups is 2. The fourth-order valence-corrected chi connectivity index (χ4v) is 3.55. The second-order valence-corrected chi connectivity index (χ2v) is 5.90. The van der Waals surface area contributed by atoms with E-state index in [0.717, 1.165) is 24.2 Å². The molecule has 94 valence electrons. The number of thioether (sulfide) groups is 1. The van der Waals surface area contributed by atoms with Crippen molar-refractivity contribution in [2.75, 3.05) is 12.5 Å². The molecule has 0 bridgehead atoms. The molecule has 2 aliphatic rings. The van der Waals surface area contributed by atoms with Crippen molar-refractivity contribution in [2.24, 2.45) is 5.84 Å². The highest BCUT2D eigenvalue weighted by atomic mass is 32.2. The first-order valence-electron chi connectivity index (χ1n) is 6.31. The second-order valence-electron chi connectivity index (χ2n) is 4.70. The lowest BCUT2D eigenvalue weighted by Gasteiger charge is -2.42. The number of ether oxygens (including phenoxy) is 1. The van der Waals surface area contributed by atoms with Gasteiger partial charge in [0.05, 0.1) is 12.0 Å². The quantitative estimate of drug-likeness (QED) is 0.580. The number of fused-ring (bicyclic) bond motifs is 1. The van der Waals surface area contributed by atoms with Gasteiger partial charge in [0.1, 0.15) is 0 Å². The number of hydrogen-bond acceptors (Lipinski definition) is 5. The zero-order valence-corrected chi connectivity index (χ0v) is 10.8. The highest BCUT2D eigenvalue weighted by Gasteiger charge is 2.34. The van der Waals surface area contributed by atoms with Crippen molar-refractivity contribution < 1.29 is 4.74 Å². The van der Waals surface area contributed by atoms with Crippen LogP contribution in [0, 0.1) is 0 Å². The molecule has 0 aromatic heterocycles. The Bertz CT molecular complexity index is 215. The Labute approximate surface area is 102 Å². The maximum absolute atomic E-state index is 5.90. The summed E-state index contributed by atoms with van der Waals surface area (Å²) >= 11 is 1.97. The lowest BCUT2D eigenvalue weighted by molar-refractivity contribution is 0.00695. The predicted octanol–water partition coefficient (Wildman–Crippen LogP) is 1.48. The topological polar surface area (TPSA) is 50.5 Å². The molecule has 2 rings (SSSR count). The molecule has 4 nitrogen and oxygen atoms in total. The summed E-state index contributed by atoms with van der Waals surface area (Å²) in [6.45, 7) is 3.12. The molecule has 0 spiro atoms. The molecular formula is C11H23N3OS. The molecule has 1 saturated carbocycles. The molecule has 0 radical (unpaired) electrons. The highest BCUT2D eigenvalue weighted by molar-refractivity contribution is 7.99. The Morgan fingerprint density at radius 3 is 3.19 bits per heavy atom. The second kappa shape index (κ2) is 6.21. The minimum absolute atomic E-state index is 0.437. The van der Waals surface area contributed by atoms with E-state index < -0.39 is 0 Å². The van der Waals surface area contributed by atoms with Crippen LogP contribution in [0.1, 0.15) is 39.0 Å². The van der Waals surface area contributed by atoms with Crippen LogP contribution in [0.2, 0.25) is 0 Å². The smallest absolute Gasteiger partial charge is 0.0744 e. The molecule has 1 aliphatic heterocycles. The number of nitrogens with zero attached hydrogens (tertiary/aromatic N) is 1. The molecule has 0 amide bonds. The van der Waals surface area contributed by atoms with Crippen molar-refractivity contribution >= 4 is 11.8 Å². The van der Waals surface area contributed by atoms with E-state index in [0.29, 0.717) is 12.1 Å². The van der Waals surface area contributed by atoms with Crippen LogP contribution in [0.15, 0.2) is 0 Å². The summed E-state index contributed by atoms with van der Waals surface area (Å²) in [5.74, 6) is 6.66. The Kier molecular flexibility index (Phi) is 4.91. The summed E-state index contributed by atoms with van der Waals surface area (Å²) in [5, 5.41) is 2.44. The average molecular weight is 245 g/mol. The Morgan fingerprint density at radius 1 is 1.50 bits per heavy atom. The summed E-state index contributed by atoms with van der Waals surface area (Å²) in [4.78, 5) is 0. The fourth-order valence-electron chi connectivity index (χ4n) is 2.41. The van der Waals surface area contributed by atoms with Crippen LogP contribution in [0.5, 0.6) is 0 Å². The van der Waals surface area contributed by atoms with E-state index in [2.05, 4.69) is 12.3 Å². The van der Waals surface area contributed by atoms with Crippen LogP contribution in [0.25, 0.3) is 0 Å². The first kappa shape index (κ1) is 12.6.